The molecule has 0 aliphatic carbocycles. The van der Waals surface area contributed by atoms with E-state index in [2.05, 4.69) is 5.32 Å². The third-order valence-corrected chi connectivity index (χ3v) is 6.11. The Morgan fingerprint density at radius 1 is 1.21 bits per heavy atom. The highest BCUT2D eigenvalue weighted by atomic mass is 32.2. The second kappa shape index (κ2) is 10.6. The van der Waals surface area contributed by atoms with Crippen LogP contribution in [-0.2, 0) is 20.9 Å². The zero-order valence-electron chi connectivity index (χ0n) is 18.7. The van der Waals surface area contributed by atoms with Crippen molar-refractivity contribution in [1.82, 2.24) is 10.2 Å². The second-order valence-corrected chi connectivity index (χ2v) is 8.54. The molecule has 2 aromatic rings. The normalized spacial score (nSPS) is 16.8. The summed E-state index contributed by atoms with van der Waals surface area (Å²) in [6.07, 6.45) is 0.937. The molecule has 1 saturated heterocycles. The summed E-state index contributed by atoms with van der Waals surface area (Å²) in [5, 5.41) is 2.33. The molecule has 1 unspecified atom stereocenters. The predicted octanol–water partition coefficient (Wildman–Crippen LogP) is 3.18. The molecule has 4 rings (SSSR count). The lowest BCUT2D eigenvalue weighted by Gasteiger charge is -2.16. The summed E-state index contributed by atoms with van der Waals surface area (Å²) in [4.78, 5) is 38.8. The van der Waals surface area contributed by atoms with E-state index in [1.165, 1.54) is 0 Å². The number of benzene rings is 2. The fraction of sp³-hybridized carbons (Fsp3) is 0.292. The van der Waals surface area contributed by atoms with E-state index in [4.69, 9.17) is 18.9 Å². The van der Waals surface area contributed by atoms with Crippen LogP contribution in [0.15, 0.2) is 47.4 Å². The maximum atomic E-state index is 12.7. The van der Waals surface area contributed by atoms with E-state index >= 15 is 0 Å². The fourth-order valence-electron chi connectivity index (χ4n) is 3.34. The zero-order valence-corrected chi connectivity index (χ0v) is 19.6. The van der Waals surface area contributed by atoms with Crippen LogP contribution in [0, 0.1) is 0 Å². The molecule has 1 fully saturated rings. The van der Waals surface area contributed by atoms with Gasteiger partial charge in [0.15, 0.2) is 11.5 Å². The summed E-state index contributed by atoms with van der Waals surface area (Å²) >= 11 is 0.863. The van der Waals surface area contributed by atoms with Crippen LogP contribution in [0.4, 0.5) is 4.79 Å². The number of nitrogens with one attached hydrogen (secondary N) is 1. The number of thioether (sulfide) groups is 1. The molecule has 34 heavy (non-hydrogen) atoms. The van der Waals surface area contributed by atoms with E-state index in [-0.39, 0.29) is 37.6 Å². The van der Waals surface area contributed by atoms with Gasteiger partial charge in [-0.2, -0.15) is 0 Å². The van der Waals surface area contributed by atoms with Crippen molar-refractivity contribution in [3.8, 4) is 17.2 Å². The standard InChI is InChI=1S/C24H24N2O7S/c1-15(31-13-17-4-3-5-18(10-17)30-2)22(27)25-8-9-26-23(28)21(34-24(26)29)12-16-6-7-19-20(11-16)33-14-32-19/h3-7,10-12,15H,8-9,13-14H2,1-2H3,(H,25,27)/b21-12-. The lowest BCUT2D eigenvalue weighted by molar-refractivity contribution is -0.132. The van der Waals surface area contributed by atoms with Crippen molar-refractivity contribution >= 4 is 34.9 Å². The number of carbonyl (C=O) groups excluding carboxylic acids is 3. The van der Waals surface area contributed by atoms with E-state index in [0.717, 1.165) is 27.8 Å². The molecular formula is C24H24N2O7S. The van der Waals surface area contributed by atoms with Gasteiger partial charge in [0.1, 0.15) is 11.9 Å². The van der Waals surface area contributed by atoms with Crippen LogP contribution >= 0.6 is 11.8 Å². The van der Waals surface area contributed by atoms with Gasteiger partial charge in [0.2, 0.25) is 12.7 Å². The number of ether oxygens (including phenoxy) is 4. The number of methoxy groups -OCH3 is 1. The lowest BCUT2D eigenvalue weighted by Crippen LogP contribution is -2.41. The largest absolute Gasteiger partial charge is 0.497 e. The number of rotatable bonds is 9. The van der Waals surface area contributed by atoms with Crippen LogP contribution in [0.2, 0.25) is 0 Å². The van der Waals surface area contributed by atoms with Crippen LogP contribution in [0.5, 0.6) is 17.2 Å². The third-order valence-electron chi connectivity index (χ3n) is 5.21. The Morgan fingerprint density at radius 2 is 2.03 bits per heavy atom. The molecule has 0 spiro atoms. The molecular weight excluding hydrogens is 460 g/mol. The molecule has 178 valence electrons. The van der Waals surface area contributed by atoms with Gasteiger partial charge in [0.25, 0.3) is 11.1 Å². The average Bonchev–Trinajstić information content (AvgIpc) is 3.41. The first-order valence-corrected chi connectivity index (χ1v) is 11.4. The van der Waals surface area contributed by atoms with Crippen molar-refractivity contribution in [3.05, 3.63) is 58.5 Å². The summed E-state index contributed by atoms with van der Waals surface area (Å²) in [6.45, 7) is 2.24. The number of hydrogen-bond acceptors (Lipinski definition) is 8. The molecule has 2 aliphatic rings. The smallest absolute Gasteiger partial charge is 0.293 e. The first-order chi connectivity index (χ1) is 16.4. The summed E-state index contributed by atoms with van der Waals surface area (Å²) in [6, 6.07) is 12.7. The summed E-state index contributed by atoms with van der Waals surface area (Å²) in [5.41, 5.74) is 1.61. The van der Waals surface area contributed by atoms with Gasteiger partial charge < -0.3 is 24.3 Å². The van der Waals surface area contributed by atoms with Crippen LogP contribution in [-0.4, -0.2) is 55.0 Å². The Balaban J connectivity index is 1.25. The first-order valence-electron chi connectivity index (χ1n) is 10.6. The molecule has 0 radical (unpaired) electrons. The number of nitrogens with zero attached hydrogens (tertiary/aromatic N) is 1. The predicted molar refractivity (Wildman–Crippen MR) is 125 cm³/mol. The Hall–Kier alpha value is -3.50. The molecule has 3 amide bonds. The van der Waals surface area contributed by atoms with Crippen LogP contribution in [0.1, 0.15) is 18.1 Å². The number of carbonyl (C=O) groups is 3. The van der Waals surface area contributed by atoms with E-state index in [9.17, 15) is 14.4 Å². The van der Waals surface area contributed by atoms with Crippen molar-refractivity contribution in [1.29, 1.82) is 0 Å². The van der Waals surface area contributed by atoms with E-state index in [1.54, 1.807) is 38.3 Å². The monoisotopic (exact) mass is 484 g/mol. The average molecular weight is 485 g/mol. The summed E-state index contributed by atoms with van der Waals surface area (Å²) in [7, 11) is 1.58. The Morgan fingerprint density at radius 3 is 2.85 bits per heavy atom. The molecule has 0 aromatic heterocycles. The third kappa shape index (κ3) is 5.52. The van der Waals surface area contributed by atoms with Crippen molar-refractivity contribution < 1.29 is 33.3 Å². The maximum absolute atomic E-state index is 12.7. The van der Waals surface area contributed by atoms with Gasteiger partial charge in [-0.1, -0.05) is 18.2 Å². The molecule has 1 atom stereocenters. The molecule has 0 bridgehead atoms. The van der Waals surface area contributed by atoms with Crippen LogP contribution in [0.3, 0.4) is 0 Å². The molecule has 10 heteroatoms. The minimum absolute atomic E-state index is 0.0670. The van der Waals surface area contributed by atoms with E-state index in [1.807, 2.05) is 24.3 Å². The van der Waals surface area contributed by atoms with Gasteiger partial charge in [-0.15, -0.1) is 0 Å². The number of hydrogen-bond donors (Lipinski definition) is 1. The van der Waals surface area contributed by atoms with Gasteiger partial charge in [-0.05, 0) is 60.2 Å². The van der Waals surface area contributed by atoms with Crippen molar-refractivity contribution in [2.45, 2.75) is 19.6 Å². The molecule has 2 aliphatic heterocycles. The van der Waals surface area contributed by atoms with Crippen molar-refractivity contribution in [2.75, 3.05) is 27.0 Å². The maximum Gasteiger partial charge on any atom is 0.293 e. The number of fused-ring (bicyclic) bond motifs is 1. The minimum atomic E-state index is -0.702. The van der Waals surface area contributed by atoms with Crippen LogP contribution in [0.25, 0.3) is 6.08 Å². The summed E-state index contributed by atoms with van der Waals surface area (Å²) < 4.78 is 21.4. The lowest BCUT2D eigenvalue weighted by atomic mass is 10.2. The highest BCUT2D eigenvalue weighted by molar-refractivity contribution is 8.18. The number of imide groups is 1. The highest BCUT2D eigenvalue weighted by Crippen LogP contribution is 2.36. The minimum Gasteiger partial charge on any atom is -0.497 e. The van der Waals surface area contributed by atoms with Gasteiger partial charge in [-0.3, -0.25) is 19.3 Å². The Labute approximate surface area is 201 Å². The number of amides is 3. The molecule has 9 nitrogen and oxygen atoms in total. The highest BCUT2D eigenvalue weighted by Gasteiger charge is 2.34. The van der Waals surface area contributed by atoms with Gasteiger partial charge in [-0.25, -0.2) is 0 Å². The molecule has 2 aromatic carbocycles. The first kappa shape index (κ1) is 23.7. The van der Waals surface area contributed by atoms with Gasteiger partial charge in [0, 0.05) is 13.1 Å². The second-order valence-electron chi connectivity index (χ2n) is 7.54. The molecule has 1 N–H and O–H groups in total. The Kier molecular flexibility index (Phi) is 7.39. The van der Waals surface area contributed by atoms with Crippen molar-refractivity contribution in [2.24, 2.45) is 0 Å². The van der Waals surface area contributed by atoms with Gasteiger partial charge >= 0.3 is 0 Å². The van der Waals surface area contributed by atoms with E-state index in [0.29, 0.717) is 22.2 Å². The summed E-state index contributed by atoms with van der Waals surface area (Å²) in [5.74, 6) is 1.22. The quantitative estimate of drug-likeness (QED) is 0.542. The van der Waals surface area contributed by atoms with E-state index < -0.39 is 12.0 Å². The SMILES string of the molecule is COc1cccc(COC(C)C(=O)NCCN2C(=O)S/C(=C\c3ccc4c(c3)OCO4)C2=O)c1. The topological polar surface area (TPSA) is 103 Å². The van der Waals surface area contributed by atoms with Gasteiger partial charge in [0.05, 0.1) is 18.6 Å². The fourth-order valence-corrected chi connectivity index (χ4v) is 4.21. The van der Waals surface area contributed by atoms with Crippen LogP contribution < -0.4 is 19.5 Å². The van der Waals surface area contributed by atoms with Crippen molar-refractivity contribution in [3.63, 3.8) is 0 Å². The molecule has 2 heterocycles. The Bertz CT molecular complexity index is 1130. The molecule has 0 saturated carbocycles. The zero-order chi connectivity index (χ0) is 24.1.